The van der Waals surface area contributed by atoms with Gasteiger partial charge in [0.05, 0.1) is 26.3 Å². The molecular weight excluding hydrogens is 348 g/mol. The lowest BCUT2D eigenvalue weighted by Crippen LogP contribution is -2.30. The van der Waals surface area contributed by atoms with Gasteiger partial charge in [0.15, 0.2) is 17.3 Å². The van der Waals surface area contributed by atoms with Crippen LogP contribution in [0.5, 0.6) is 11.5 Å². The molecule has 148 valence electrons. The van der Waals surface area contributed by atoms with Gasteiger partial charge >= 0.3 is 0 Å². The minimum atomic E-state index is -0.146. The average Bonchev–Trinajstić information content (AvgIpc) is 3.06. The van der Waals surface area contributed by atoms with Crippen molar-refractivity contribution in [1.29, 1.82) is 0 Å². The van der Waals surface area contributed by atoms with E-state index < -0.39 is 0 Å². The first-order chi connectivity index (χ1) is 12.9. The molecule has 0 radical (unpaired) electrons. The van der Waals surface area contributed by atoms with Crippen molar-refractivity contribution in [1.82, 2.24) is 15.0 Å². The number of carbonyl (C=O) groups is 1. The number of aromatic nitrogens is 2. The molecule has 1 heterocycles. The molecule has 0 unspecified atom stereocenters. The van der Waals surface area contributed by atoms with Gasteiger partial charge in [0.2, 0.25) is 11.8 Å². The highest BCUT2D eigenvalue weighted by atomic mass is 16.5. The van der Waals surface area contributed by atoms with Gasteiger partial charge in [-0.3, -0.25) is 9.69 Å². The molecule has 1 aromatic heterocycles. The van der Waals surface area contributed by atoms with Crippen LogP contribution < -0.4 is 14.8 Å². The summed E-state index contributed by atoms with van der Waals surface area (Å²) in [6, 6.07) is 5.34. The number of likely N-dealkylation sites (N-methyl/N-ethyl adjacent to an activating group) is 1. The molecule has 0 aliphatic carbocycles. The molecule has 8 nitrogen and oxygen atoms in total. The van der Waals surface area contributed by atoms with Crippen molar-refractivity contribution >= 4 is 11.6 Å². The molecule has 0 aliphatic heterocycles. The number of anilines is 1. The zero-order chi connectivity index (χ0) is 19.8. The van der Waals surface area contributed by atoms with Crippen LogP contribution in [0.1, 0.15) is 45.3 Å². The maximum absolute atomic E-state index is 12.3. The van der Waals surface area contributed by atoms with E-state index in [-0.39, 0.29) is 18.4 Å². The highest BCUT2D eigenvalue weighted by Crippen LogP contribution is 2.30. The van der Waals surface area contributed by atoms with Gasteiger partial charge in [0, 0.05) is 17.7 Å². The molecule has 0 atom stereocenters. The second kappa shape index (κ2) is 9.91. The molecule has 27 heavy (non-hydrogen) atoms. The molecule has 0 spiro atoms. The number of hydrogen-bond acceptors (Lipinski definition) is 7. The Hall–Kier alpha value is -2.61. The van der Waals surface area contributed by atoms with Crippen molar-refractivity contribution in [3.8, 4) is 11.5 Å². The third kappa shape index (κ3) is 6.25. The minimum Gasteiger partial charge on any atom is -0.490 e. The van der Waals surface area contributed by atoms with Crippen LogP contribution in [-0.2, 0) is 11.3 Å². The lowest BCUT2D eigenvalue weighted by molar-refractivity contribution is -0.117. The summed E-state index contributed by atoms with van der Waals surface area (Å²) >= 11 is 0. The van der Waals surface area contributed by atoms with Gasteiger partial charge in [0.1, 0.15) is 0 Å². The normalized spacial score (nSPS) is 11.1. The van der Waals surface area contributed by atoms with E-state index in [4.69, 9.17) is 14.0 Å². The fourth-order valence-corrected chi connectivity index (χ4v) is 2.43. The molecule has 0 saturated carbocycles. The number of hydrogen-bond donors (Lipinski definition) is 1. The SMILES string of the molecule is CCOc1ccc(NC(=O)CN(C)Cc2nc(C(C)C)no2)cc1OCC. The van der Waals surface area contributed by atoms with Gasteiger partial charge < -0.3 is 19.3 Å². The fourth-order valence-electron chi connectivity index (χ4n) is 2.43. The topological polar surface area (TPSA) is 89.7 Å². The maximum Gasteiger partial charge on any atom is 0.240 e. The van der Waals surface area contributed by atoms with Crippen molar-refractivity contribution in [2.75, 3.05) is 32.1 Å². The largest absolute Gasteiger partial charge is 0.490 e. The summed E-state index contributed by atoms with van der Waals surface area (Å²) in [5.74, 6) is 2.49. The van der Waals surface area contributed by atoms with E-state index in [0.717, 1.165) is 0 Å². The Morgan fingerprint density at radius 3 is 2.56 bits per heavy atom. The van der Waals surface area contributed by atoms with Crippen LogP contribution in [0.25, 0.3) is 0 Å². The molecule has 2 rings (SSSR count). The summed E-state index contributed by atoms with van der Waals surface area (Å²) < 4.78 is 16.3. The van der Waals surface area contributed by atoms with Crippen LogP contribution in [0, 0.1) is 0 Å². The highest BCUT2D eigenvalue weighted by molar-refractivity contribution is 5.92. The van der Waals surface area contributed by atoms with Gasteiger partial charge in [-0.05, 0) is 33.0 Å². The van der Waals surface area contributed by atoms with Gasteiger partial charge in [-0.25, -0.2) is 0 Å². The van der Waals surface area contributed by atoms with Crippen LogP contribution in [-0.4, -0.2) is 47.8 Å². The molecule has 2 aromatic rings. The van der Waals surface area contributed by atoms with Gasteiger partial charge in [-0.2, -0.15) is 4.98 Å². The van der Waals surface area contributed by atoms with Gasteiger partial charge in [-0.15, -0.1) is 0 Å². The summed E-state index contributed by atoms with van der Waals surface area (Å²) in [5, 5.41) is 6.79. The standard InChI is InChI=1S/C19H28N4O4/c1-6-25-15-9-8-14(10-16(15)26-7-2)20-17(24)11-23(5)12-18-21-19(13(3)4)22-27-18/h8-10,13H,6-7,11-12H2,1-5H3,(H,20,24). The highest BCUT2D eigenvalue weighted by Gasteiger charge is 2.14. The van der Waals surface area contributed by atoms with Crippen molar-refractivity contribution in [2.24, 2.45) is 0 Å². The Morgan fingerprint density at radius 2 is 1.93 bits per heavy atom. The number of nitrogens with one attached hydrogen (secondary N) is 1. The number of ether oxygens (including phenoxy) is 2. The fraction of sp³-hybridized carbons (Fsp3) is 0.526. The third-order valence-electron chi connectivity index (χ3n) is 3.65. The Kier molecular flexibility index (Phi) is 7.60. The predicted molar refractivity (Wildman–Crippen MR) is 102 cm³/mol. The van der Waals surface area contributed by atoms with Crippen molar-refractivity contribution in [3.05, 3.63) is 29.9 Å². The first-order valence-corrected chi connectivity index (χ1v) is 9.13. The van der Waals surface area contributed by atoms with Crippen LogP contribution >= 0.6 is 0 Å². The summed E-state index contributed by atoms with van der Waals surface area (Å²) in [6.45, 7) is 9.47. The van der Waals surface area contributed by atoms with Crippen molar-refractivity contribution in [3.63, 3.8) is 0 Å². The second-order valence-corrected chi connectivity index (χ2v) is 6.45. The Morgan fingerprint density at radius 1 is 1.22 bits per heavy atom. The monoisotopic (exact) mass is 376 g/mol. The van der Waals surface area contributed by atoms with Crippen LogP contribution in [0.4, 0.5) is 5.69 Å². The van der Waals surface area contributed by atoms with E-state index in [1.807, 2.05) is 39.6 Å². The molecule has 0 bridgehead atoms. The molecule has 0 saturated heterocycles. The van der Waals surface area contributed by atoms with Crippen LogP contribution in [0.2, 0.25) is 0 Å². The zero-order valence-corrected chi connectivity index (χ0v) is 16.6. The third-order valence-corrected chi connectivity index (χ3v) is 3.65. The van der Waals surface area contributed by atoms with E-state index in [0.29, 0.717) is 48.7 Å². The number of amides is 1. The van der Waals surface area contributed by atoms with Crippen molar-refractivity contribution in [2.45, 2.75) is 40.2 Å². The average molecular weight is 376 g/mol. The van der Waals surface area contributed by atoms with E-state index in [1.54, 1.807) is 18.2 Å². The van der Waals surface area contributed by atoms with Gasteiger partial charge in [0.25, 0.3) is 0 Å². The second-order valence-electron chi connectivity index (χ2n) is 6.45. The molecular formula is C19H28N4O4. The quantitative estimate of drug-likeness (QED) is 0.681. The summed E-state index contributed by atoms with van der Waals surface area (Å²) in [7, 11) is 1.82. The Labute approximate surface area is 159 Å². The van der Waals surface area contributed by atoms with Crippen LogP contribution in [0.15, 0.2) is 22.7 Å². The number of rotatable bonds is 10. The lowest BCUT2D eigenvalue weighted by atomic mass is 10.2. The summed E-state index contributed by atoms with van der Waals surface area (Å²) in [6.07, 6.45) is 0. The van der Waals surface area contributed by atoms with Gasteiger partial charge in [-0.1, -0.05) is 19.0 Å². The number of benzene rings is 1. The maximum atomic E-state index is 12.3. The van der Waals surface area contributed by atoms with E-state index in [1.165, 1.54) is 0 Å². The number of carbonyl (C=O) groups excluding carboxylic acids is 1. The Balaban J connectivity index is 1.92. The van der Waals surface area contributed by atoms with E-state index >= 15 is 0 Å². The van der Waals surface area contributed by atoms with Crippen molar-refractivity contribution < 1.29 is 18.8 Å². The molecule has 0 aliphatic rings. The predicted octanol–water partition coefficient (Wildman–Crippen LogP) is 3.06. The first-order valence-electron chi connectivity index (χ1n) is 9.13. The smallest absolute Gasteiger partial charge is 0.240 e. The molecule has 1 N–H and O–H groups in total. The lowest BCUT2D eigenvalue weighted by Gasteiger charge is -2.15. The Bertz CT molecular complexity index is 745. The van der Waals surface area contributed by atoms with E-state index in [2.05, 4.69) is 15.5 Å². The molecule has 8 heteroatoms. The first kappa shape index (κ1) is 20.7. The van der Waals surface area contributed by atoms with E-state index in [9.17, 15) is 4.79 Å². The molecule has 0 fully saturated rings. The van der Waals surface area contributed by atoms with Crippen LogP contribution in [0.3, 0.4) is 0 Å². The number of nitrogens with zero attached hydrogens (tertiary/aromatic N) is 3. The minimum absolute atomic E-state index is 0.146. The molecule has 1 aromatic carbocycles. The molecule has 1 amide bonds. The summed E-state index contributed by atoms with van der Waals surface area (Å²) in [5.41, 5.74) is 0.653. The summed E-state index contributed by atoms with van der Waals surface area (Å²) in [4.78, 5) is 18.4. The zero-order valence-electron chi connectivity index (χ0n) is 16.6.